The zero-order valence-electron chi connectivity index (χ0n) is 32.2. The first kappa shape index (κ1) is 37.8. The van der Waals surface area contributed by atoms with Crippen molar-refractivity contribution >= 4 is 91.3 Å². The Balaban J connectivity index is 0.925. The van der Waals surface area contributed by atoms with Gasteiger partial charge in [0.25, 0.3) is 0 Å². The zero-order valence-corrected chi connectivity index (χ0v) is 32.2. The summed E-state index contributed by atoms with van der Waals surface area (Å²) in [4.78, 5) is 2.29. The Morgan fingerprint density at radius 1 is 0.276 bits per heavy atom. The number of rotatable bonds is 12. The molecule has 0 spiro atoms. The summed E-state index contributed by atoms with van der Waals surface area (Å²) in [6.07, 6.45) is 12.8. The fraction of sp³-hybridized carbons (Fsp3) is 0.125. The molecular formula is C48H42B3NO6. The van der Waals surface area contributed by atoms with Crippen molar-refractivity contribution in [2.75, 3.05) is 44.5 Å². The standard InChI is InChI=1S/C48H42B3NO6/c1(37-7-19-43(20-8-37)49-53-31-32-54-49)4-40-13-25-46(26-14-40)52(47-27-15-41(16-28-47)5-2-38-9-21-44(22-10-38)50-55-33-34-56-50)48-29-17-42(18-30-48)6-3-39-11-23-45(24-12-39)51-57-35-36-58-51/h1-30H,31-36H2/b4-1+,5-2+,6-3+. The number of benzene rings is 6. The van der Waals surface area contributed by atoms with Crippen LogP contribution in [0.15, 0.2) is 146 Å². The molecule has 0 radical (unpaired) electrons. The molecule has 58 heavy (non-hydrogen) atoms. The molecule has 10 heteroatoms. The molecule has 0 bridgehead atoms. The molecule has 6 aromatic rings. The van der Waals surface area contributed by atoms with E-state index in [2.05, 4.69) is 187 Å². The molecule has 0 amide bonds. The first-order valence-corrected chi connectivity index (χ1v) is 19.8. The fourth-order valence-corrected chi connectivity index (χ4v) is 7.17. The van der Waals surface area contributed by atoms with Crippen molar-refractivity contribution in [1.29, 1.82) is 0 Å². The van der Waals surface area contributed by atoms with Gasteiger partial charge < -0.3 is 32.8 Å². The Kier molecular flexibility index (Phi) is 11.9. The summed E-state index contributed by atoms with van der Waals surface area (Å²) in [5, 5.41) is 0. The van der Waals surface area contributed by atoms with Gasteiger partial charge in [-0.05, 0) is 86.2 Å². The minimum Gasteiger partial charge on any atom is -0.405 e. The fourth-order valence-electron chi connectivity index (χ4n) is 7.17. The van der Waals surface area contributed by atoms with E-state index in [0.29, 0.717) is 39.6 Å². The molecule has 3 saturated heterocycles. The van der Waals surface area contributed by atoms with Crippen molar-refractivity contribution in [2.24, 2.45) is 0 Å². The summed E-state index contributed by atoms with van der Waals surface area (Å²) in [5.41, 5.74) is 13.0. The second-order valence-corrected chi connectivity index (χ2v) is 14.3. The average Bonchev–Trinajstić information content (AvgIpc) is 4.12. The molecule has 0 aliphatic carbocycles. The highest BCUT2D eigenvalue weighted by Gasteiger charge is 2.27. The summed E-state index contributed by atoms with van der Waals surface area (Å²) in [6.45, 7) is 3.82. The SMILES string of the molecule is C(=C\c1ccc(N(c2ccc(/C=C/c3ccc(B4OCCO4)cc3)cc2)c2ccc(/C=C/c3ccc(B4OCCO4)cc3)cc2)cc1)/c1ccc(B2OCCO2)cc1. The summed E-state index contributed by atoms with van der Waals surface area (Å²) in [6, 6.07) is 51.0. The van der Waals surface area contributed by atoms with Gasteiger partial charge in [0.1, 0.15) is 0 Å². The highest BCUT2D eigenvalue weighted by Crippen LogP contribution is 2.35. The molecule has 0 unspecified atom stereocenters. The maximum absolute atomic E-state index is 5.64. The van der Waals surface area contributed by atoms with Crippen molar-refractivity contribution in [2.45, 2.75) is 0 Å². The Morgan fingerprint density at radius 2 is 0.466 bits per heavy atom. The Labute approximate surface area is 341 Å². The van der Waals surface area contributed by atoms with Crippen LogP contribution in [-0.2, 0) is 27.9 Å². The van der Waals surface area contributed by atoms with Crippen molar-refractivity contribution in [1.82, 2.24) is 0 Å². The van der Waals surface area contributed by atoms with Gasteiger partial charge in [0, 0.05) is 17.1 Å². The van der Waals surface area contributed by atoms with Crippen molar-refractivity contribution in [3.63, 3.8) is 0 Å². The summed E-state index contributed by atoms with van der Waals surface area (Å²) in [7, 11) is -0.787. The molecule has 284 valence electrons. The first-order chi connectivity index (χ1) is 28.7. The van der Waals surface area contributed by atoms with Crippen LogP contribution in [0.2, 0.25) is 0 Å². The third-order valence-corrected chi connectivity index (χ3v) is 10.3. The van der Waals surface area contributed by atoms with Crippen molar-refractivity contribution < 1.29 is 27.9 Å². The monoisotopic (exact) mass is 761 g/mol. The van der Waals surface area contributed by atoms with E-state index in [4.69, 9.17) is 27.9 Å². The smallest absolute Gasteiger partial charge is 0.405 e. The minimum atomic E-state index is -0.262. The Morgan fingerprint density at radius 3 is 0.672 bits per heavy atom. The molecule has 7 nitrogen and oxygen atoms in total. The summed E-state index contributed by atoms with van der Waals surface area (Å²) >= 11 is 0. The molecule has 3 aliphatic heterocycles. The predicted molar refractivity (Wildman–Crippen MR) is 239 cm³/mol. The summed E-state index contributed by atoms with van der Waals surface area (Å²) < 4.78 is 33.8. The number of nitrogens with zero attached hydrogens (tertiary/aromatic N) is 1. The van der Waals surface area contributed by atoms with Crippen LogP contribution < -0.4 is 21.3 Å². The highest BCUT2D eigenvalue weighted by atomic mass is 16.6. The molecule has 3 aliphatic rings. The molecule has 0 saturated carbocycles. The van der Waals surface area contributed by atoms with E-state index in [-0.39, 0.29) is 21.4 Å². The van der Waals surface area contributed by atoms with E-state index in [0.717, 1.165) is 66.8 Å². The Bertz CT molecular complexity index is 2060. The van der Waals surface area contributed by atoms with E-state index in [1.165, 1.54) is 0 Å². The minimum absolute atomic E-state index is 0.262. The first-order valence-electron chi connectivity index (χ1n) is 19.8. The van der Waals surface area contributed by atoms with Crippen LogP contribution in [0, 0.1) is 0 Å². The number of hydrogen-bond acceptors (Lipinski definition) is 7. The topological polar surface area (TPSA) is 58.6 Å². The van der Waals surface area contributed by atoms with Crippen LogP contribution in [0.4, 0.5) is 17.1 Å². The van der Waals surface area contributed by atoms with Gasteiger partial charge in [0.2, 0.25) is 0 Å². The summed E-state index contributed by atoms with van der Waals surface area (Å²) in [5.74, 6) is 0. The van der Waals surface area contributed by atoms with E-state index in [1.807, 2.05) is 0 Å². The second-order valence-electron chi connectivity index (χ2n) is 14.3. The van der Waals surface area contributed by atoms with Crippen LogP contribution >= 0.6 is 0 Å². The second kappa shape index (κ2) is 18.3. The van der Waals surface area contributed by atoms with Gasteiger partial charge >= 0.3 is 21.4 Å². The van der Waals surface area contributed by atoms with Crippen LogP contribution in [-0.4, -0.2) is 61.0 Å². The normalized spacial score (nSPS) is 15.8. The maximum atomic E-state index is 5.64. The lowest BCUT2D eigenvalue weighted by molar-refractivity contribution is 0.365. The lowest BCUT2D eigenvalue weighted by Crippen LogP contribution is -2.31. The largest absolute Gasteiger partial charge is 0.494 e. The maximum Gasteiger partial charge on any atom is 0.494 e. The molecule has 0 atom stereocenters. The molecular weight excluding hydrogens is 719 g/mol. The predicted octanol–water partition coefficient (Wildman–Crippen LogP) is 7.89. The van der Waals surface area contributed by atoms with Gasteiger partial charge in [0.05, 0.1) is 39.6 Å². The third-order valence-electron chi connectivity index (χ3n) is 10.3. The van der Waals surface area contributed by atoms with Crippen molar-refractivity contribution in [3.05, 3.63) is 179 Å². The van der Waals surface area contributed by atoms with Crippen LogP contribution in [0.5, 0.6) is 0 Å². The lowest BCUT2D eigenvalue weighted by Gasteiger charge is -2.26. The average molecular weight is 761 g/mol. The van der Waals surface area contributed by atoms with Gasteiger partial charge in [0.15, 0.2) is 0 Å². The molecule has 3 fully saturated rings. The molecule has 0 N–H and O–H groups in total. The highest BCUT2D eigenvalue weighted by molar-refractivity contribution is 6.62. The number of anilines is 3. The number of hydrogen-bond donors (Lipinski definition) is 0. The molecule has 3 heterocycles. The van der Waals surface area contributed by atoms with Gasteiger partial charge in [-0.15, -0.1) is 0 Å². The van der Waals surface area contributed by atoms with Crippen LogP contribution in [0.3, 0.4) is 0 Å². The molecule has 6 aromatic carbocycles. The zero-order chi connectivity index (χ0) is 38.9. The van der Waals surface area contributed by atoms with Crippen molar-refractivity contribution in [3.8, 4) is 0 Å². The van der Waals surface area contributed by atoms with Gasteiger partial charge in [-0.3, -0.25) is 0 Å². The van der Waals surface area contributed by atoms with Crippen LogP contribution in [0.25, 0.3) is 36.5 Å². The van der Waals surface area contributed by atoms with E-state index in [1.54, 1.807) is 0 Å². The van der Waals surface area contributed by atoms with E-state index >= 15 is 0 Å². The molecule has 9 rings (SSSR count). The van der Waals surface area contributed by atoms with Gasteiger partial charge in [-0.2, -0.15) is 0 Å². The van der Waals surface area contributed by atoms with E-state index < -0.39 is 0 Å². The van der Waals surface area contributed by atoms with Gasteiger partial charge in [-0.25, -0.2) is 0 Å². The van der Waals surface area contributed by atoms with Gasteiger partial charge in [-0.1, -0.05) is 146 Å². The quantitative estimate of drug-likeness (QED) is 0.0930. The van der Waals surface area contributed by atoms with E-state index in [9.17, 15) is 0 Å². The third kappa shape index (κ3) is 9.36. The lowest BCUT2D eigenvalue weighted by atomic mass is 9.79. The van der Waals surface area contributed by atoms with Crippen LogP contribution in [0.1, 0.15) is 33.4 Å². The molecule has 0 aromatic heterocycles. The Hall–Kier alpha value is -5.71.